The van der Waals surface area contributed by atoms with Crippen molar-refractivity contribution in [1.82, 2.24) is 4.90 Å². The number of carbonyl (C=O) groups is 1. The Morgan fingerprint density at radius 1 is 1.43 bits per heavy atom. The van der Waals surface area contributed by atoms with Crippen molar-refractivity contribution in [2.45, 2.75) is 46.1 Å². The lowest BCUT2D eigenvalue weighted by Crippen LogP contribution is -2.39. The molecule has 0 saturated carbocycles. The largest absolute Gasteiger partial charge is 0.481 e. The van der Waals surface area contributed by atoms with Crippen LogP contribution < -0.4 is 0 Å². The predicted octanol–water partition coefficient (Wildman–Crippen LogP) is 3.42. The molecule has 0 radical (unpaired) electrons. The summed E-state index contributed by atoms with van der Waals surface area (Å²) < 4.78 is 0. The van der Waals surface area contributed by atoms with E-state index in [1.165, 1.54) is 16.7 Å². The Morgan fingerprint density at radius 2 is 2.19 bits per heavy atom. The zero-order chi connectivity index (χ0) is 15.2. The summed E-state index contributed by atoms with van der Waals surface area (Å²) >= 11 is 0. The molecule has 0 aromatic heterocycles. The molecule has 2 atom stereocenters. The van der Waals surface area contributed by atoms with E-state index in [1.54, 1.807) is 0 Å². The molecular formula is C18H25NO2. The van der Waals surface area contributed by atoms with Crippen LogP contribution in [0.2, 0.25) is 0 Å². The maximum absolute atomic E-state index is 11.8. The highest BCUT2D eigenvalue weighted by Crippen LogP contribution is 2.45. The lowest BCUT2D eigenvalue weighted by molar-refractivity contribution is -0.151. The zero-order valence-electron chi connectivity index (χ0n) is 13.2. The van der Waals surface area contributed by atoms with E-state index in [-0.39, 0.29) is 5.92 Å². The number of aliphatic carboxylic acids is 1. The van der Waals surface area contributed by atoms with E-state index in [2.05, 4.69) is 30.0 Å². The van der Waals surface area contributed by atoms with Crippen LogP contribution in [0.15, 0.2) is 18.2 Å². The Labute approximate surface area is 127 Å². The molecule has 114 valence electrons. The summed E-state index contributed by atoms with van der Waals surface area (Å²) in [6.45, 7) is 7.82. The average molecular weight is 287 g/mol. The summed E-state index contributed by atoms with van der Waals surface area (Å²) in [5.74, 6) is -0.444. The number of likely N-dealkylation sites (tertiary alicyclic amines) is 1. The van der Waals surface area contributed by atoms with Gasteiger partial charge in [0.15, 0.2) is 0 Å². The minimum Gasteiger partial charge on any atom is -0.481 e. The summed E-state index contributed by atoms with van der Waals surface area (Å²) in [5, 5.41) is 9.71. The summed E-state index contributed by atoms with van der Waals surface area (Å²) in [4.78, 5) is 14.2. The van der Waals surface area contributed by atoms with Gasteiger partial charge in [-0.25, -0.2) is 0 Å². The number of benzene rings is 1. The number of aryl methyl sites for hydroxylation is 2. The molecule has 3 heteroatoms. The van der Waals surface area contributed by atoms with Crippen LogP contribution in [0.3, 0.4) is 0 Å². The maximum atomic E-state index is 11.8. The number of carboxylic acid groups (broad SMARTS) is 1. The minimum atomic E-state index is -0.623. The summed E-state index contributed by atoms with van der Waals surface area (Å²) in [7, 11) is 0. The molecule has 1 aromatic carbocycles. The second kappa shape index (κ2) is 5.13. The Kier molecular flexibility index (Phi) is 3.56. The van der Waals surface area contributed by atoms with Crippen molar-refractivity contribution in [3.63, 3.8) is 0 Å². The molecule has 0 bridgehead atoms. The molecule has 1 heterocycles. The van der Waals surface area contributed by atoms with Crippen molar-refractivity contribution < 1.29 is 9.90 Å². The third-order valence-electron chi connectivity index (χ3n) is 5.65. The zero-order valence-corrected chi connectivity index (χ0v) is 13.2. The molecule has 0 spiro atoms. The molecule has 1 N–H and O–H groups in total. The molecule has 1 aliphatic heterocycles. The highest BCUT2D eigenvalue weighted by atomic mass is 16.4. The smallest absolute Gasteiger partial charge is 0.311 e. The van der Waals surface area contributed by atoms with Crippen LogP contribution in [-0.2, 0) is 11.2 Å². The Hall–Kier alpha value is -1.35. The molecule has 1 aromatic rings. The fourth-order valence-electron chi connectivity index (χ4n) is 4.10. The number of fused-ring (bicyclic) bond motifs is 1. The van der Waals surface area contributed by atoms with E-state index >= 15 is 0 Å². The van der Waals surface area contributed by atoms with Gasteiger partial charge in [-0.15, -0.1) is 0 Å². The van der Waals surface area contributed by atoms with E-state index in [0.717, 1.165) is 25.8 Å². The molecule has 21 heavy (non-hydrogen) atoms. The van der Waals surface area contributed by atoms with Gasteiger partial charge in [-0.05, 0) is 49.8 Å². The topological polar surface area (TPSA) is 40.5 Å². The first-order valence-corrected chi connectivity index (χ1v) is 8.01. The molecule has 3 nitrogen and oxygen atoms in total. The van der Waals surface area contributed by atoms with Gasteiger partial charge < -0.3 is 5.11 Å². The summed E-state index contributed by atoms with van der Waals surface area (Å²) in [5.41, 5.74) is 3.61. The van der Waals surface area contributed by atoms with Gasteiger partial charge in [0.05, 0.1) is 5.41 Å². The third-order valence-corrected chi connectivity index (χ3v) is 5.65. The van der Waals surface area contributed by atoms with Gasteiger partial charge >= 0.3 is 5.97 Å². The molecular weight excluding hydrogens is 262 g/mol. The van der Waals surface area contributed by atoms with E-state index in [1.807, 2.05) is 13.8 Å². The average Bonchev–Trinajstić information content (AvgIpc) is 3.01. The van der Waals surface area contributed by atoms with Gasteiger partial charge in [0, 0.05) is 12.6 Å². The van der Waals surface area contributed by atoms with Crippen molar-refractivity contribution in [2.24, 2.45) is 11.3 Å². The molecule has 1 fully saturated rings. The van der Waals surface area contributed by atoms with Crippen molar-refractivity contribution in [1.29, 1.82) is 0 Å². The van der Waals surface area contributed by atoms with E-state index < -0.39 is 11.4 Å². The second-order valence-electron chi connectivity index (χ2n) is 7.09. The lowest BCUT2D eigenvalue weighted by Gasteiger charge is -2.31. The fraction of sp³-hybridized carbons (Fsp3) is 0.611. The highest BCUT2D eigenvalue weighted by Gasteiger charge is 2.49. The Balaban J connectivity index is 1.86. The van der Waals surface area contributed by atoms with Gasteiger partial charge in [0.1, 0.15) is 0 Å². The lowest BCUT2D eigenvalue weighted by atomic mass is 9.76. The van der Waals surface area contributed by atoms with E-state index in [0.29, 0.717) is 12.6 Å². The molecule has 0 amide bonds. The third kappa shape index (κ3) is 2.28. The summed E-state index contributed by atoms with van der Waals surface area (Å²) in [6.07, 6.45) is 3.03. The van der Waals surface area contributed by atoms with Gasteiger partial charge in [-0.1, -0.05) is 37.6 Å². The Bertz CT molecular complexity index is 566. The summed E-state index contributed by atoms with van der Waals surface area (Å²) in [6, 6.07) is 7.14. The standard InChI is InChI=1S/C18H25NO2/c1-12(2)18(17(20)21)8-9-19(11-18)16-7-6-14-5-4-13(3)10-15(14)16/h4-5,10,12,16H,6-9,11H2,1-3H3,(H,20,21). The Morgan fingerprint density at radius 3 is 2.81 bits per heavy atom. The normalized spacial score (nSPS) is 29.0. The monoisotopic (exact) mass is 287 g/mol. The van der Waals surface area contributed by atoms with Gasteiger partial charge in [-0.3, -0.25) is 9.69 Å². The van der Waals surface area contributed by atoms with Crippen LogP contribution in [0.1, 0.15) is 49.4 Å². The van der Waals surface area contributed by atoms with E-state index in [4.69, 9.17) is 0 Å². The van der Waals surface area contributed by atoms with Crippen molar-refractivity contribution >= 4 is 5.97 Å². The predicted molar refractivity (Wildman–Crippen MR) is 83.3 cm³/mol. The first-order chi connectivity index (χ1) is 9.94. The van der Waals surface area contributed by atoms with Crippen molar-refractivity contribution in [3.8, 4) is 0 Å². The first-order valence-electron chi connectivity index (χ1n) is 8.01. The van der Waals surface area contributed by atoms with Crippen LogP contribution in [0, 0.1) is 18.3 Å². The van der Waals surface area contributed by atoms with Crippen LogP contribution in [0.25, 0.3) is 0 Å². The number of nitrogens with zero attached hydrogens (tertiary/aromatic N) is 1. The van der Waals surface area contributed by atoms with Crippen molar-refractivity contribution in [3.05, 3.63) is 34.9 Å². The minimum absolute atomic E-state index is 0.179. The highest BCUT2D eigenvalue weighted by molar-refractivity contribution is 5.75. The number of hydrogen-bond acceptors (Lipinski definition) is 2. The number of rotatable bonds is 3. The van der Waals surface area contributed by atoms with Gasteiger partial charge in [0.2, 0.25) is 0 Å². The number of carboxylic acids is 1. The maximum Gasteiger partial charge on any atom is 0.311 e. The van der Waals surface area contributed by atoms with Crippen LogP contribution in [0.4, 0.5) is 0 Å². The fourth-order valence-corrected chi connectivity index (χ4v) is 4.10. The van der Waals surface area contributed by atoms with Gasteiger partial charge in [0.25, 0.3) is 0 Å². The van der Waals surface area contributed by atoms with Crippen LogP contribution >= 0.6 is 0 Å². The second-order valence-corrected chi connectivity index (χ2v) is 7.09. The van der Waals surface area contributed by atoms with Crippen molar-refractivity contribution in [2.75, 3.05) is 13.1 Å². The molecule has 1 saturated heterocycles. The number of hydrogen-bond donors (Lipinski definition) is 1. The van der Waals surface area contributed by atoms with Gasteiger partial charge in [-0.2, -0.15) is 0 Å². The van der Waals surface area contributed by atoms with Crippen LogP contribution in [0.5, 0.6) is 0 Å². The first kappa shape index (κ1) is 14.6. The molecule has 1 aliphatic carbocycles. The molecule has 3 rings (SSSR count). The SMILES string of the molecule is Cc1ccc2c(c1)C(N1CCC(C(=O)O)(C(C)C)C1)CC2. The quantitative estimate of drug-likeness (QED) is 0.926. The van der Waals surface area contributed by atoms with Crippen LogP contribution in [-0.4, -0.2) is 29.1 Å². The van der Waals surface area contributed by atoms with E-state index in [9.17, 15) is 9.90 Å². The molecule has 2 unspecified atom stereocenters. The molecule has 2 aliphatic rings.